The lowest BCUT2D eigenvalue weighted by molar-refractivity contribution is 0.0691. The van der Waals surface area contributed by atoms with E-state index in [-0.39, 0.29) is 5.69 Å². The van der Waals surface area contributed by atoms with Crippen LogP contribution in [-0.4, -0.2) is 34.6 Å². The van der Waals surface area contributed by atoms with Crippen molar-refractivity contribution in [2.45, 2.75) is 0 Å². The van der Waals surface area contributed by atoms with Crippen LogP contribution in [-0.2, 0) is 0 Å². The highest BCUT2D eigenvalue weighted by Crippen LogP contribution is 2.13. The molecule has 0 fully saturated rings. The first-order valence-corrected chi connectivity index (χ1v) is 4.47. The van der Waals surface area contributed by atoms with E-state index in [0.717, 1.165) is 5.69 Å². The Morgan fingerprint density at radius 3 is 2.73 bits per heavy atom. The largest absolute Gasteiger partial charge is 0.476 e. The molecule has 0 unspecified atom stereocenters. The topological polar surface area (TPSA) is 57.8 Å². The minimum Gasteiger partial charge on any atom is -0.476 e. The summed E-state index contributed by atoms with van der Waals surface area (Å²) in [5, 5.41) is 8.78. The van der Waals surface area contributed by atoms with E-state index in [1.807, 2.05) is 31.3 Å². The summed E-state index contributed by atoms with van der Waals surface area (Å²) in [5.74, 6) is -1.01. The number of nitrogens with zero attached hydrogens (tertiary/aromatic N) is 3. The number of hydrogen-bond donors (Lipinski definition) is 1. The normalized spacial score (nSPS) is 10.5. The van der Waals surface area contributed by atoms with E-state index < -0.39 is 5.97 Å². The Bertz CT molecular complexity index is 516. The van der Waals surface area contributed by atoms with Gasteiger partial charge in [-0.2, -0.15) is 0 Å². The lowest BCUT2D eigenvalue weighted by atomic mass is 10.4. The number of aromatic nitrogens is 2. The van der Waals surface area contributed by atoms with Gasteiger partial charge in [-0.1, -0.05) is 0 Å². The second-order valence-electron chi connectivity index (χ2n) is 3.48. The van der Waals surface area contributed by atoms with Gasteiger partial charge in [-0.3, -0.25) is 0 Å². The van der Waals surface area contributed by atoms with Crippen molar-refractivity contribution in [1.29, 1.82) is 0 Å². The van der Waals surface area contributed by atoms with Crippen LogP contribution in [0.1, 0.15) is 10.5 Å². The number of rotatable bonds is 2. The van der Waals surface area contributed by atoms with Crippen LogP contribution in [0.2, 0.25) is 0 Å². The summed E-state index contributed by atoms with van der Waals surface area (Å²) in [4.78, 5) is 16.6. The lowest BCUT2D eigenvalue weighted by Crippen LogP contribution is -2.09. The molecular weight excluding hydrogens is 194 g/mol. The standard InChI is InChI=1S/C10H11N3O2/c1-12(2)7-3-4-9-11-8(10(14)15)6-13(9)5-7/h3-6H,1-2H3,(H,14,15). The van der Waals surface area contributed by atoms with Crippen molar-refractivity contribution in [2.75, 3.05) is 19.0 Å². The van der Waals surface area contributed by atoms with Crippen LogP contribution in [0.25, 0.3) is 5.65 Å². The van der Waals surface area contributed by atoms with Crippen molar-refractivity contribution in [3.63, 3.8) is 0 Å². The summed E-state index contributed by atoms with van der Waals surface area (Å²) in [6, 6.07) is 3.69. The number of imidazole rings is 1. The number of hydrogen-bond acceptors (Lipinski definition) is 3. The molecule has 2 heterocycles. The number of anilines is 1. The molecule has 0 bridgehead atoms. The summed E-state index contributed by atoms with van der Waals surface area (Å²) >= 11 is 0. The van der Waals surface area contributed by atoms with Gasteiger partial charge in [-0.05, 0) is 12.1 Å². The molecule has 2 aromatic heterocycles. The first-order chi connectivity index (χ1) is 7.08. The summed E-state index contributed by atoms with van der Waals surface area (Å²) < 4.78 is 1.71. The highest BCUT2D eigenvalue weighted by atomic mass is 16.4. The van der Waals surface area contributed by atoms with Crippen LogP contribution in [0.3, 0.4) is 0 Å². The molecule has 0 radical (unpaired) electrons. The minimum absolute atomic E-state index is 0.0610. The highest BCUT2D eigenvalue weighted by Gasteiger charge is 2.08. The Balaban J connectivity index is 2.57. The first-order valence-electron chi connectivity index (χ1n) is 4.47. The molecule has 0 spiro atoms. The molecule has 0 amide bonds. The maximum Gasteiger partial charge on any atom is 0.356 e. The van der Waals surface area contributed by atoms with Gasteiger partial charge in [-0.15, -0.1) is 0 Å². The van der Waals surface area contributed by atoms with Gasteiger partial charge < -0.3 is 14.4 Å². The van der Waals surface area contributed by atoms with E-state index in [0.29, 0.717) is 5.65 Å². The van der Waals surface area contributed by atoms with Gasteiger partial charge in [0.15, 0.2) is 5.69 Å². The van der Waals surface area contributed by atoms with Crippen molar-refractivity contribution in [3.8, 4) is 0 Å². The number of fused-ring (bicyclic) bond motifs is 1. The zero-order chi connectivity index (χ0) is 11.0. The third-order valence-corrected chi connectivity index (χ3v) is 2.17. The van der Waals surface area contributed by atoms with E-state index in [1.165, 1.54) is 6.20 Å². The van der Waals surface area contributed by atoms with Gasteiger partial charge in [0.2, 0.25) is 0 Å². The third kappa shape index (κ3) is 1.63. The van der Waals surface area contributed by atoms with E-state index in [2.05, 4.69) is 4.98 Å². The van der Waals surface area contributed by atoms with Gasteiger partial charge in [0.1, 0.15) is 5.65 Å². The molecule has 0 atom stereocenters. The van der Waals surface area contributed by atoms with Crippen molar-refractivity contribution in [1.82, 2.24) is 9.38 Å². The third-order valence-electron chi connectivity index (χ3n) is 2.17. The quantitative estimate of drug-likeness (QED) is 0.797. The van der Waals surface area contributed by atoms with Crippen LogP contribution in [0.15, 0.2) is 24.5 Å². The maximum atomic E-state index is 10.7. The van der Waals surface area contributed by atoms with E-state index in [4.69, 9.17) is 5.11 Å². The fraction of sp³-hybridized carbons (Fsp3) is 0.200. The van der Waals surface area contributed by atoms with Crippen molar-refractivity contribution >= 4 is 17.3 Å². The predicted octanol–water partition coefficient (Wildman–Crippen LogP) is 1.10. The van der Waals surface area contributed by atoms with Gasteiger partial charge in [0, 0.05) is 26.5 Å². The zero-order valence-electron chi connectivity index (χ0n) is 8.51. The fourth-order valence-electron chi connectivity index (χ4n) is 1.35. The maximum absolute atomic E-state index is 10.7. The highest BCUT2D eigenvalue weighted by molar-refractivity contribution is 5.86. The molecule has 1 N–H and O–H groups in total. The molecule has 0 saturated carbocycles. The molecule has 0 aliphatic heterocycles. The van der Waals surface area contributed by atoms with Crippen molar-refractivity contribution < 1.29 is 9.90 Å². The monoisotopic (exact) mass is 205 g/mol. The Hall–Kier alpha value is -2.04. The minimum atomic E-state index is -1.01. The molecule has 2 aromatic rings. The SMILES string of the molecule is CN(C)c1ccc2nc(C(=O)O)cn2c1. The second-order valence-corrected chi connectivity index (χ2v) is 3.48. The Morgan fingerprint density at radius 1 is 1.40 bits per heavy atom. The number of carboxylic acid groups (broad SMARTS) is 1. The Morgan fingerprint density at radius 2 is 2.13 bits per heavy atom. The lowest BCUT2D eigenvalue weighted by Gasteiger charge is -2.11. The van der Waals surface area contributed by atoms with E-state index in [1.54, 1.807) is 10.5 Å². The predicted molar refractivity (Wildman–Crippen MR) is 56.5 cm³/mol. The van der Waals surface area contributed by atoms with Crippen molar-refractivity contribution in [3.05, 3.63) is 30.2 Å². The van der Waals surface area contributed by atoms with Crippen LogP contribution in [0.4, 0.5) is 5.69 Å². The molecule has 0 aromatic carbocycles. The molecule has 15 heavy (non-hydrogen) atoms. The first kappa shape index (κ1) is 9.51. The van der Waals surface area contributed by atoms with Crippen LogP contribution in [0.5, 0.6) is 0 Å². The zero-order valence-corrected chi connectivity index (χ0v) is 8.51. The number of pyridine rings is 1. The second kappa shape index (κ2) is 3.27. The Kier molecular flexibility index (Phi) is 2.07. The number of carbonyl (C=O) groups is 1. The summed E-state index contributed by atoms with van der Waals surface area (Å²) in [5.41, 5.74) is 1.70. The van der Waals surface area contributed by atoms with Crippen LogP contribution in [0, 0.1) is 0 Å². The summed E-state index contributed by atoms with van der Waals surface area (Å²) in [6.45, 7) is 0. The van der Waals surface area contributed by atoms with Crippen LogP contribution >= 0.6 is 0 Å². The fourth-order valence-corrected chi connectivity index (χ4v) is 1.35. The van der Waals surface area contributed by atoms with Gasteiger partial charge in [-0.25, -0.2) is 9.78 Å². The average molecular weight is 205 g/mol. The van der Waals surface area contributed by atoms with E-state index >= 15 is 0 Å². The molecule has 0 saturated heterocycles. The summed E-state index contributed by atoms with van der Waals surface area (Å²) in [6.07, 6.45) is 3.35. The summed E-state index contributed by atoms with van der Waals surface area (Å²) in [7, 11) is 3.85. The molecule has 0 aliphatic rings. The van der Waals surface area contributed by atoms with Gasteiger partial charge in [0.25, 0.3) is 0 Å². The average Bonchev–Trinajstić information content (AvgIpc) is 2.59. The van der Waals surface area contributed by atoms with Crippen LogP contribution < -0.4 is 4.90 Å². The molecule has 0 aliphatic carbocycles. The molecule has 5 nitrogen and oxygen atoms in total. The van der Waals surface area contributed by atoms with Crippen molar-refractivity contribution in [2.24, 2.45) is 0 Å². The Labute approximate surface area is 86.6 Å². The number of aromatic carboxylic acids is 1. The van der Waals surface area contributed by atoms with Gasteiger partial charge >= 0.3 is 5.97 Å². The molecule has 5 heteroatoms. The van der Waals surface area contributed by atoms with E-state index in [9.17, 15) is 4.79 Å². The molecular formula is C10H11N3O2. The van der Waals surface area contributed by atoms with Gasteiger partial charge in [0.05, 0.1) is 5.69 Å². The molecule has 78 valence electrons. The number of carboxylic acids is 1. The smallest absolute Gasteiger partial charge is 0.356 e. The molecule has 2 rings (SSSR count).